The summed E-state index contributed by atoms with van der Waals surface area (Å²) in [7, 11) is 0. The van der Waals surface area contributed by atoms with Crippen molar-refractivity contribution in [2.24, 2.45) is 0 Å². The van der Waals surface area contributed by atoms with Crippen LogP contribution in [0.2, 0.25) is 5.28 Å². The molecule has 0 unspecified atom stereocenters. The van der Waals surface area contributed by atoms with Gasteiger partial charge in [-0.1, -0.05) is 0 Å². The molecular weight excluding hydrogens is 242 g/mol. The lowest BCUT2D eigenvalue weighted by molar-refractivity contribution is 0.0696. The fraction of sp³-hybridized carbons (Fsp3) is 0.182. The van der Waals surface area contributed by atoms with Crippen LogP contribution >= 0.6 is 11.6 Å². The lowest BCUT2D eigenvalue weighted by Gasteiger charge is -2.08. The molecule has 0 aliphatic heterocycles. The highest BCUT2D eigenvalue weighted by Gasteiger charge is 2.14. The minimum Gasteiger partial charge on any atom is -0.478 e. The molecule has 2 aromatic rings. The first-order chi connectivity index (χ1) is 8.00. The Labute approximate surface area is 103 Å². The van der Waals surface area contributed by atoms with Gasteiger partial charge in [-0.25, -0.2) is 9.78 Å². The molecule has 5 nitrogen and oxygen atoms in total. The van der Waals surface area contributed by atoms with E-state index in [9.17, 15) is 4.79 Å². The predicted octanol–water partition coefficient (Wildman–Crippen LogP) is 2.24. The van der Waals surface area contributed by atoms with Gasteiger partial charge in [0.1, 0.15) is 5.82 Å². The molecule has 2 aromatic heterocycles. The summed E-state index contributed by atoms with van der Waals surface area (Å²) in [5.41, 5.74) is 1.68. The second kappa shape index (κ2) is 4.18. The first kappa shape index (κ1) is 11.6. The average molecular weight is 252 g/mol. The molecule has 0 saturated heterocycles. The highest BCUT2D eigenvalue weighted by Crippen LogP contribution is 2.18. The highest BCUT2D eigenvalue weighted by atomic mass is 35.5. The fourth-order valence-electron chi connectivity index (χ4n) is 1.62. The largest absolute Gasteiger partial charge is 0.478 e. The fourth-order valence-corrected chi connectivity index (χ4v) is 1.75. The molecule has 6 heteroatoms. The van der Waals surface area contributed by atoms with Gasteiger partial charge in [-0.3, -0.25) is 0 Å². The van der Waals surface area contributed by atoms with Crippen LogP contribution in [0.15, 0.2) is 18.5 Å². The third-order valence-electron chi connectivity index (χ3n) is 2.52. The van der Waals surface area contributed by atoms with E-state index < -0.39 is 5.97 Å². The van der Waals surface area contributed by atoms with E-state index in [-0.39, 0.29) is 10.8 Å². The van der Waals surface area contributed by atoms with Crippen molar-refractivity contribution in [2.45, 2.75) is 13.8 Å². The van der Waals surface area contributed by atoms with E-state index in [1.165, 1.54) is 6.07 Å². The molecule has 0 aromatic carbocycles. The number of aromatic nitrogens is 3. The van der Waals surface area contributed by atoms with E-state index in [0.29, 0.717) is 11.5 Å². The van der Waals surface area contributed by atoms with Crippen molar-refractivity contribution < 1.29 is 9.90 Å². The van der Waals surface area contributed by atoms with Crippen molar-refractivity contribution in [3.63, 3.8) is 0 Å². The van der Waals surface area contributed by atoms with Crippen molar-refractivity contribution in [1.29, 1.82) is 0 Å². The number of aromatic carboxylic acids is 1. The summed E-state index contributed by atoms with van der Waals surface area (Å²) in [6.07, 6.45) is 3.26. The van der Waals surface area contributed by atoms with Crippen LogP contribution in [-0.4, -0.2) is 25.6 Å². The summed E-state index contributed by atoms with van der Waals surface area (Å²) in [5, 5.41) is 9.11. The number of aryl methyl sites for hydroxylation is 1. The Hall–Kier alpha value is -1.88. The molecule has 0 radical (unpaired) electrons. The topological polar surface area (TPSA) is 68.0 Å². The first-order valence-corrected chi connectivity index (χ1v) is 5.29. The van der Waals surface area contributed by atoms with Gasteiger partial charge >= 0.3 is 5.97 Å². The molecule has 17 heavy (non-hydrogen) atoms. The number of carboxylic acid groups (broad SMARTS) is 1. The number of rotatable bonds is 2. The van der Waals surface area contributed by atoms with Gasteiger partial charge in [-0.2, -0.15) is 4.98 Å². The van der Waals surface area contributed by atoms with Crippen molar-refractivity contribution >= 4 is 17.6 Å². The van der Waals surface area contributed by atoms with Crippen LogP contribution < -0.4 is 0 Å². The maximum atomic E-state index is 10.9. The third kappa shape index (κ3) is 2.01. The number of carboxylic acids is 1. The number of hydrogen-bond acceptors (Lipinski definition) is 3. The van der Waals surface area contributed by atoms with Crippen molar-refractivity contribution in [2.75, 3.05) is 0 Å². The Morgan fingerprint density at radius 2 is 2.18 bits per heavy atom. The standard InChI is InChI=1S/C11H10ClN3O2/c1-6-5-13-11(12)14-9(6)15-4-3-8(7(15)2)10(16)17/h3-5H,1-2H3,(H,16,17). The number of hydrogen-bond donors (Lipinski definition) is 1. The van der Waals surface area contributed by atoms with Crippen LogP contribution in [0.1, 0.15) is 21.6 Å². The zero-order chi connectivity index (χ0) is 12.6. The van der Waals surface area contributed by atoms with Crippen LogP contribution in [0.5, 0.6) is 0 Å². The Kier molecular flexibility index (Phi) is 2.85. The minimum atomic E-state index is -0.959. The van der Waals surface area contributed by atoms with E-state index in [0.717, 1.165) is 5.56 Å². The van der Waals surface area contributed by atoms with Gasteiger partial charge in [0.2, 0.25) is 5.28 Å². The zero-order valence-corrected chi connectivity index (χ0v) is 10.1. The molecule has 2 rings (SSSR count). The molecule has 0 aliphatic rings. The molecule has 88 valence electrons. The van der Waals surface area contributed by atoms with Gasteiger partial charge in [0.15, 0.2) is 0 Å². The quantitative estimate of drug-likeness (QED) is 0.831. The number of carbonyl (C=O) groups is 1. The van der Waals surface area contributed by atoms with Gasteiger partial charge in [0.25, 0.3) is 0 Å². The SMILES string of the molecule is Cc1cnc(Cl)nc1-n1ccc(C(=O)O)c1C. The second-order valence-electron chi connectivity index (χ2n) is 3.64. The number of halogens is 1. The minimum absolute atomic E-state index is 0.135. The van der Waals surface area contributed by atoms with E-state index in [4.69, 9.17) is 16.7 Å². The Morgan fingerprint density at radius 1 is 1.47 bits per heavy atom. The summed E-state index contributed by atoms with van der Waals surface area (Å²) in [6.45, 7) is 3.56. The van der Waals surface area contributed by atoms with Gasteiger partial charge in [0, 0.05) is 23.7 Å². The lowest BCUT2D eigenvalue weighted by Crippen LogP contribution is -2.05. The van der Waals surface area contributed by atoms with Gasteiger partial charge < -0.3 is 9.67 Å². The molecule has 0 atom stereocenters. The molecule has 0 aliphatic carbocycles. The van der Waals surface area contributed by atoms with Crippen LogP contribution in [0.25, 0.3) is 5.82 Å². The van der Waals surface area contributed by atoms with Crippen molar-refractivity contribution in [3.8, 4) is 5.82 Å². The molecule has 0 bridgehead atoms. The van der Waals surface area contributed by atoms with Gasteiger partial charge in [0.05, 0.1) is 5.56 Å². The maximum Gasteiger partial charge on any atom is 0.337 e. The Bertz CT molecular complexity index is 592. The first-order valence-electron chi connectivity index (χ1n) is 4.91. The Morgan fingerprint density at radius 3 is 2.76 bits per heavy atom. The second-order valence-corrected chi connectivity index (χ2v) is 3.97. The van der Waals surface area contributed by atoms with Crippen LogP contribution in [0.3, 0.4) is 0 Å². The van der Waals surface area contributed by atoms with Crippen LogP contribution in [0.4, 0.5) is 0 Å². The molecule has 0 fully saturated rings. The van der Waals surface area contributed by atoms with Crippen LogP contribution in [-0.2, 0) is 0 Å². The lowest BCUT2D eigenvalue weighted by atomic mass is 10.2. The summed E-state index contributed by atoms with van der Waals surface area (Å²) in [5.74, 6) is -0.367. The predicted molar refractivity (Wildman–Crippen MR) is 62.8 cm³/mol. The molecule has 2 heterocycles. The summed E-state index contributed by atoms with van der Waals surface area (Å²) in [4.78, 5) is 18.9. The van der Waals surface area contributed by atoms with Crippen molar-refractivity contribution in [1.82, 2.24) is 14.5 Å². The Balaban J connectivity index is 2.61. The zero-order valence-electron chi connectivity index (χ0n) is 9.31. The van der Waals surface area contributed by atoms with E-state index in [1.54, 1.807) is 23.9 Å². The van der Waals surface area contributed by atoms with E-state index in [1.807, 2.05) is 6.92 Å². The van der Waals surface area contributed by atoms with Gasteiger partial charge in [-0.15, -0.1) is 0 Å². The normalized spacial score (nSPS) is 10.5. The third-order valence-corrected chi connectivity index (χ3v) is 2.70. The van der Waals surface area contributed by atoms with Crippen molar-refractivity contribution in [3.05, 3.63) is 40.6 Å². The average Bonchev–Trinajstić information content (AvgIpc) is 2.64. The smallest absolute Gasteiger partial charge is 0.337 e. The summed E-state index contributed by atoms with van der Waals surface area (Å²) >= 11 is 5.74. The molecule has 0 spiro atoms. The summed E-state index contributed by atoms with van der Waals surface area (Å²) < 4.78 is 1.69. The molecule has 0 amide bonds. The highest BCUT2D eigenvalue weighted by molar-refractivity contribution is 6.28. The maximum absolute atomic E-state index is 10.9. The molecule has 1 N–H and O–H groups in total. The summed E-state index contributed by atoms with van der Waals surface area (Å²) in [6, 6.07) is 1.53. The molecule has 0 saturated carbocycles. The molecular formula is C11H10ClN3O2. The van der Waals surface area contributed by atoms with Crippen LogP contribution in [0, 0.1) is 13.8 Å². The van der Waals surface area contributed by atoms with E-state index in [2.05, 4.69) is 9.97 Å². The monoisotopic (exact) mass is 251 g/mol. The number of nitrogens with zero attached hydrogens (tertiary/aromatic N) is 3. The van der Waals surface area contributed by atoms with E-state index >= 15 is 0 Å². The van der Waals surface area contributed by atoms with Gasteiger partial charge in [-0.05, 0) is 31.5 Å².